The van der Waals surface area contributed by atoms with Crippen LogP contribution >= 0.6 is 12.6 Å². The minimum Gasteiger partial charge on any atom is -0.367 e. The summed E-state index contributed by atoms with van der Waals surface area (Å²) in [6, 6.07) is 0. The van der Waals surface area contributed by atoms with Crippen molar-refractivity contribution >= 4 is 12.6 Å². The number of hydrogen-bond acceptors (Lipinski definition) is 2. The van der Waals surface area contributed by atoms with Crippen LogP contribution in [-0.2, 0) is 0 Å². The molecule has 1 nitrogen and oxygen atoms in total. The van der Waals surface area contributed by atoms with Crippen molar-refractivity contribution in [1.82, 2.24) is 4.90 Å². The Hall–Kier alpha value is -0.110. The van der Waals surface area contributed by atoms with Crippen molar-refractivity contribution < 1.29 is 0 Å². The molecular formula is C7H13NS. The number of rotatable bonds is 1. The van der Waals surface area contributed by atoms with Crippen LogP contribution in [0, 0.1) is 0 Å². The first-order valence-electron chi connectivity index (χ1n) is 3.43. The zero-order valence-electron chi connectivity index (χ0n) is 5.64. The lowest BCUT2D eigenvalue weighted by atomic mass is 10.1. The van der Waals surface area contributed by atoms with Gasteiger partial charge < -0.3 is 4.90 Å². The molecule has 2 heteroatoms. The third kappa shape index (κ3) is 1.94. The Morgan fingerprint density at radius 1 is 1.22 bits per heavy atom. The second-order valence-electron chi connectivity index (χ2n) is 2.46. The first-order valence-corrected chi connectivity index (χ1v) is 3.88. The van der Waals surface area contributed by atoms with E-state index < -0.39 is 0 Å². The zero-order valence-corrected chi connectivity index (χ0v) is 6.53. The van der Waals surface area contributed by atoms with Crippen LogP contribution in [0.25, 0.3) is 0 Å². The molecule has 1 rings (SSSR count). The highest BCUT2D eigenvalue weighted by molar-refractivity contribution is 7.84. The molecular weight excluding hydrogens is 130 g/mol. The van der Waals surface area contributed by atoms with Crippen LogP contribution in [-0.4, -0.2) is 18.0 Å². The fourth-order valence-corrected chi connectivity index (χ4v) is 1.35. The first kappa shape index (κ1) is 7.00. The highest BCUT2D eigenvalue weighted by Crippen LogP contribution is 2.14. The smallest absolute Gasteiger partial charge is 0.0603 e. The van der Waals surface area contributed by atoms with E-state index in [0.717, 1.165) is 18.1 Å². The van der Waals surface area contributed by atoms with Crippen LogP contribution in [0.4, 0.5) is 0 Å². The van der Waals surface area contributed by atoms with Gasteiger partial charge in [0.1, 0.15) is 0 Å². The van der Waals surface area contributed by atoms with Crippen LogP contribution in [0.5, 0.6) is 0 Å². The Labute approximate surface area is 62.1 Å². The molecule has 0 aromatic carbocycles. The normalized spacial score (nSPS) is 19.9. The van der Waals surface area contributed by atoms with Gasteiger partial charge in [-0.1, -0.05) is 6.58 Å². The minimum atomic E-state index is 0.926. The minimum absolute atomic E-state index is 0.926. The summed E-state index contributed by atoms with van der Waals surface area (Å²) in [4.78, 5) is 2.23. The Morgan fingerprint density at radius 3 is 2.11 bits per heavy atom. The molecule has 9 heavy (non-hydrogen) atoms. The summed E-state index contributed by atoms with van der Waals surface area (Å²) in [5, 5.41) is 0.926. The van der Waals surface area contributed by atoms with Crippen LogP contribution in [0.15, 0.2) is 11.6 Å². The molecule has 0 N–H and O–H groups in total. The van der Waals surface area contributed by atoms with Gasteiger partial charge in [-0.3, -0.25) is 0 Å². The molecule has 0 spiro atoms. The monoisotopic (exact) mass is 143 g/mol. The van der Waals surface area contributed by atoms with Gasteiger partial charge >= 0.3 is 0 Å². The number of piperidine rings is 1. The SMILES string of the molecule is C=C(S)N1CCCCC1. The standard InChI is InChI=1S/C7H13NS/c1-7(9)8-5-3-2-4-6-8/h9H,1-6H2. The van der Waals surface area contributed by atoms with E-state index in [4.69, 9.17) is 0 Å². The van der Waals surface area contributed by atoms with Crippen LogP contribution < -0.4 is 0 Å². The number of hydrogen-bond donors (Lipinski definition) is 1. The lowest BCUT2D eigenvalue weighted by Crippen LogP contribution is -2.26. The molecule has 0 aliphatic carbocycles. The Bertz CT molecular complexity index is 105. The first-order chi connectivity index (χ1) is 4.30. The highest BCUT2D eigenvalue weighted by atomic mass is 32.1. The highest BCUT2D eigenvalue weighted by Gasteiger charge is 2.07. The van der Waals surface area contributed by atoms with E-state index in [9.17, 15) is 0 Å². The maximum absolute atomic E-state index is 4.17. The van der Waals surface area contributed by atoms with Gasteiger partial charge in [0.05, 0.1) is 5.03 Å². The van der Waals surface area contributed by atoms with E-state index in [1.807, 2.05) is 0 Å². The average Bonchev–Trinajstić information content (AvgIpc) is 1.90. The van der Waals surface area contributed by atoms with Gasteiger partial charge in [0, 0.05) is 13.1 Å². The molecule has 0 bridgehead atoms. The van der Waals surface area contributed by atoms with E-state index in [-0.39, 0.29) is 0 Å². The largest absolute Gasteiger partial charge is 0.367 e. The van der Waals surface area contributed by atoms with Crippen molar-refractivity contribution in [3.05, 3.63) is 11.6 Å². The number of likely N-dealkylation sites (tertiary alicyclic amines) is 1. The van der Waals surface area contributed by atoms with Crippen LogP contribution in [0.2, 0.25) is 0 Å². The van der Waals surface area contributed by atoms with Gasteiger partial charge in [-0.25, -0.2) is 0 Å². The maximum atomic E-state index is 4.17. The Balaban J connectivity index is 2.31. The maximum Gasteiger partial charge on any atom is 0.0603 e. The summed E-state index contributed by atoms with van der Waals surface area (Å²) in [5.41, 5.74) is 0. The lowest BCUT2D eigenvalue weighted by Gasteiger charge is -2.27. The second-order valence-corrected chi connectivity index (χ2v) is 2.98. The molecule has 0 aromatic rings. The summed E-state index contributed by atoms with van der Waals surface area (Å²) >= 11 is 4.17. The number of nitrogens with zero attached hydrogens (tertiary/aromatic N) is 1. The van der Waals surface area contributed by atoms with Crippen molar-refractivity contribution in [2.75, 3.05) is 13.1 Å². The van der Waals surface area contributed by atoms with Crippen molar-refractivity contribution in [1.29, 1.82) is 0 Å². The molecule has 0 unspecified atom stereocenters. The molecule has 0 radical (unpaired) electrons. The molecule has 0 amide bonds. The van der Waals surface area contributed by atoms with E-state index in [2.05, 4.69) is 24.1 Å². The molecule has 0 saturated carbocycles. The summed E-state index contributed by atoms with van der Waals surface area (Å²) in [6.07, 6.45) is 3.98. The fourth-order valence-electron chi connectivity index (χ4n) is 1.15. The van der Waals surface area contributed by atoms with Gasteiger partial charge in [0.25, 0.3) is 0 Å². The molecule has 0 aromatic heterocycles. The fraction of sp³-hybridized carbons (Fsp3) is 0.714. The second kappa shape index (κ2) is 3.16. The van der Waals surface area contributed by atoms with Gasteiger partial charge in [-0.15, -0.1) is 12.6 Å². The summed E-state index contributed by atoms with van der Waals surface area (Å²) in [6.45, 7) is 6.08. The number of thiol groups is 1. The summed E-state index contributed by atoms with van der Waals surface area (Å²) < 4.78 is 0. The van der Waals surface area contributed by atoms with E-state index >= 15 is 0 Å². The Kier molecular flexibility index (Phi) is 2.46. The molecule has 1 saturated heterocycles. The molecule has 1 aliphatic heterocycles. The van der Waals surface area contributed by atoms with Crippen molar-refractivity contribution in [3.63, 3.8) is 0 Å². The van der Waals surface area contributed by atoms with Crippen molar-refractivity contribution in [2.45, 2.75) is 19.3 Å². The molecule has 1 fully saturated rings. The quantitative estimate of drug-likeness (QED) is 0.548. The van der Waals surface area contributed by atoms with Crippen molar-refractivity contribution in [2.24, 2.45) is 0 Å². The topological polar surface area (TPSA) is 3.24 Å². The molecule has 1 heterocycles. The summed E-state index contributed by atoms with van der Waals surface area (Å²) in [5.74, 6) is 0. The lowest BCUT2D eigenvalue weighted by molar-refractivity contribution is 0.304. The predicted molar refractivity (Wildman–Crippen MR) is 43.6 cm³/mol. The van der Waals surface area contributed by atoms with E-state index in [1.165, 1.54) is 19.3 Å². The molecule has 52 valence electrons. The van der Waals surface area contributed by atoms with E-state index in [0.29, 0.717) is 0 Å². The van der Waals surface area contributed by atoms with Gasteiger partial charge in [0.15, 0.2) is 0 Å². The van der Waals surface area contributed by atoms with Gasteiger partial charge in [0.2, 0.25) is 0 Å². The van der Waals surface area contributed by atoms with Crippen molar-refractivity contribution in [3.8, 4) is 0 Å². The molecule has 1 aliphatic rings. The van der Waals surface area contributed by atoms with Crippen LogP contribution in [0.3, 0.4) is 0 Å². The predicted octanol–water partition coefficient (Wildman–Crippen LogP) is 1.87. The summed E-state index contributed by atoms with van der Waals surface area (Å²) in [7, 11) is 0. The third-order valence-corrected chi connectivity index (χ3v) is 2.00. The average molecular weight is 143 g/mol. The third-order valence-electron chi connectivity index (χ3n) is 1.72. The van der Waals surface area contributed by atoms with Gasteiger partial charge in [-0.2, -0.15) is 0 Å². The van der Waals surface area contributed by atoms with Gasteiger partial charge in [-0.05, 0) is 19.3 Å². The Morgan fingerprint density at radius 2 is 1.78 bits per heavy atom. The molecule has 0 atom stereocenters. The van der Waals surface area contributed by atoms with Crippen LogP contribution in [0.1, 0.15) is 19.3 Å². The van der Waals surface area contributed by atoms with E-state index in [1.54, 1.807) is 0 Å². The zero-order chi connectivity index (χ0) is 6.69.